The van der Waals surface area contributed by atoms with Crippen molar-refractivity contribution in [2.24, 2.45) is 0 Å². The predicted octanol–water partition coefficient (Wildman–Crippen LogP) is 1.23. The molecule has 2 aromatic rings. The SMILES string of the molecule is O=C(O)COCc1ccc2cccnc2n1. The lowest BCUT2D eigenvalue weighted by Crippen LogP contribution is -2.07. The van der Waals surface area contributed by atoms with Gasteiger partial charge in [0.05, 0.1) is 12.3 Å². The summed E-state index contributed by atoms with van der Waals surface area (Å²) in [6.45, 7) is -0.138. The van der Waals surface area contributed by atoms with Crippen LogP contribution in [0.3, 0.4) is 0 Å². The number of nitrogens with zero attached hydrogens (tertiary/aromatic N) is 2. The first-order valence-corrected chi connectivity index (χ1v) is 4.76. The maximum Gasteiger partial charge on any atom is 0.329 e. The molecule has 2 heterocycles. The third-order valence-corrected chi connectivity index (χ3v) is 2.00. The first kappa shape index (κ1) is 10.5. The summed E-state index contributed by atoms with van der Waals surface area (Å²) >= 11 is 0. The molecule has 5 nitrogen and oxygen atoms in total. The molecule has 5 heteroatoms. The van der Waals surface area contributed by atoms with Crippen molar-refractivity contribution in [1.29, 1.82) is 0 Å². The molecule has 2 rings (SSSR count). The minimum atomic E-state index is -0.987. The summed E-state index contributed by atoms with van der Waals surface area (Å²) in [6.07, 6.45) is 1.66. The van der Waals surface area contributed by atoms with Gasteiger partial charge in [0, 0.05) is 11.6 Å². The highest BCUT2D eigenvalue weighted by Gasteiger charge is 2.01. The number of carboxylic acids is 1. The highest BCUT2D eigenvalue weighted by Crippen LogP contribution is 2.09. The molecule has 82 valence electrons. The van der Waals surface area contributed by atoms with Crippen molar-refractivity contribution in [2.75, 3.05) is 6.61 Å². The second-order valence-corrected chi connectivity index (χ2v) is 3.24. The molecule has 0 atom stereocenters. The molecule has 0 bridgehead atoms. The molecular weight excluding hydrogens is 208 g/mol. The van der Waals surface area contributed by atoms with E-state index in [1.165, 1.54) is 0 Å². The third kappa shape index (κ3) is 2.52. The van der Waals surface area contributed by atoms with Crippen molar-refractivity contribution in [1.82, 2.24) is 9.97 Å². The topological polar surface area (TPSA) is 72.3 Å². The number of aromatic nitrogens is 2. The Balaban J connectivity index is 2.10. The summed E-state index contributed by atoms with van der Waals surface area (Å²) < 4.78 is 4.94. The van der Waals surface area contributed by atoms with Gasteiger partial charge >= 0.3 is 5.97 Å². The fourth-order valence-corrected chi connectivity index (χ4v) is 1.32. The number of carbonyl (C=O) groups is 1. The third-order valence-electron chi connectivity index (χ3n) is 2.00. The van der Waals surface area contributed by atoms with E-state index in [4.69, 9.17) is 9.84 Å². The Kier molecular flexibility index (Phi) is 3.07. The number of rotatable bonds is 4. The van der Waals surface area contributed by atoms with Crippen LogP contribution in [0.2, 0.25) is 0 Å². The highest BCUT2D eigenvalue weighted by atomic mass is 16.5. The van der Waals surface area contributed by atoms with Gasteiger partial charge < -0.3 is 9.84 Å². The minimum Gasteiger partial charge on any atom is -0.480 e. The maximum atomic E-state index is 10.2. The van der Waals surface area contributed by atoms with E-state index in [-0.39, 0.29) is 13.2 Å². The number of fused-ring (bicyclic) bond motifs is 1. The largest absolute Gasteiger partial charge is 0.480 e. The van der Waals surface area contributed by atoms with Crippen LogP contribution in [-0.4, -0.2) is 27.7 Å². The molecule has 0 aliphatic heterocycles. The highest BCUT2D eigenvalue weighted by molar-refractivity contribution is 5.74. The molecule has 2 aromatic heterocycles. The lowest BCUT2D eigenvalue weighted by atomic mass is 10.2. The van der Waals surface area contributed by atoms with Crippen molar-refractivity contribution >= 4 is 17.0 Å². The normalized spacial score (nSPS) is 10.5. The molecule has 0 saturated carbocycles. The van der Waals surface area contributed by atoms with E-state index in [1.54, 1.807) is 12.3 Å². The molecule has 0 fully saturated rings. The molecule has 0 aliphatic carbocycles. The number of pyridine rings is 2. The molecule has 0 aromatic carbocycles. The standard InChI is InChI=1S/C11H10N2O3/c14-10(15)7-16-6-9-4-3-8-2-1-5-12-11(8)13-9/h1-5H,6-7H2,(H,14,15). The van der Waals surface area contributed by atoms with E-state index >= 15 is 0 Å². The number of hydrogen-bond donors (Lipinski definition) is 1. The second-order valence-electron chi connectivity index (χ2n) is 3.24. The van der Waals surface area contributed by atoms with E-state index in [0.717, 1.165) is 5.39 Å². The van der Waals surface area contributed by atoms with Gasteiger partial charge in [-0.25, -0.2) is 14.8 Å². The zero-order valence-electron chi connectivity index (χ0n) is 8.46. The van der Waals surface area contributed by atoms with E-state index in [0.29, 0.717) is 11.3 Å². The number of carboxylic acid groups (broad SMARTS) is 1. The monoisotopic (exact) mass is 218 g/mol. The van der Waals surface area contributed by atoms with Crippen LogP contribution in [0.4, 0.5) is 0 Å². The molecule has 1 N–H and O–H groups in total. The van der Waals surface area contributed by atoms with E-state index < -0.39 is 5.97 Å². The maximum absolute atomic E-state index is 10.2. The lowest BCUT2D eigenvalue weighted by Gasteiger charge is -2.02. The van der Waals surface area contributed by atoms with Gasteiger partial charge in [-0.05, 0) is 24.3 Å². The lowest BCUT2D eigenvalue weighted by molar-refractivity contribution is -0.142. The van der Waals surface area contributed by atoms with Crippen LogP contribution in [0.1, 0.15) is 5.69 Å². The van der Waals surface area contributed by atoms with Gasteiger partial charge in [0.15, 0.2) is 5.65 Å². The smallest absolute Gasteiger partial charge is 0.329 e. The van der Waals surface area contributed by atoms with Crippen molar-refractivity contribution in [3.8, 4) is 0 Å². The summed E-state index contributed by atoms with van der Waals surface area (Å²) in [5.41, 5.74) is 1.31. The van der Waals surface area contributed by atoms with Crippen molar-refractivity contribution in [3.05, 3.63) is 36.2 Å². The Labute approximate surface area is 91.7 Å². The summed E-state index contributed by atoms with van der Waals surface area (Å²) in [6, 6.07) is 7.43. The Morgan fingerprint density at radius 3 is 3.06 bits per heavy atom. The minimum absolute atomic E-state index is 0.179. The summed E-state index contributed by atoms with van der Waals surface area (Å²) in [4.78, 5) is 18.6. The molecule has 0 spiro atoms. The van der Waals surface area contributed by atoms with Gasteiger partial charge in [0.1, 0.15) is 6.61 Å². The summed E-state index contributed by atoms with van der Waals surface area (Å²) in [7, 11) is 0. The molecule has 0 unspecified atom stereocenters. The predicted molar refractivity (Wildman–Crippen MR) is 56.8 cm³/mol. The van der Waals surface area contributed by atoms with E-state index in [2.05, 4.69) is 9.97 Å². The number of ether oxygens (including phenoxy) is 1. The Morgan fingerprint density at radius 2 is 2.25 bits per heavy atom. The molecular formula is C11H10N2O3. The van der Waals surface area contributed by atoms with Crippen molar-refractivity contribution < 1.29 is 14.6 Å². The van der Waals surface area contributed by atoms with Crippen LogP contribution >= 0.6 is 0 Å². The summed E-state index contributed by atoms with van der Waals surface area (Å²) in [5, 5.41) is 9.35. The van der Waals surface area contributed by atoms with Gasteiger partial charge in [0.2, 0.25) is 0 Å². The molecule has 0 radical (unpaired) electrons. The zero-order valence-corrected chi connectivity index (χ0v) is 8.46. The van der Waals surface area contributed by atoms with Gasteiger partial charge in [0.25, 0.3) is 0 Å². The number of hydrogen-bond acceptors (Lipinski definition) is 4. The van der Waals surface area contributed by atoms with Crippen LogP contribution in [0.5, 0.6) is 0 Å². The fourth-order valence-electron chi connectivity index (χ4n) is 1.32. The van der Waals surface area contributed by atoms with Crippen molar-refractivity contribution in [3.63, 3.8) is 0 Å². The van der Waals surface area contributed by atoms with Crippen LogP contribution in [0, 0.1) is 0 Å². The Bertz CT molecular complexity index is 513. The average Bonchev–Trinajstić information content (AvgIpc) is 2.28. The Morgan fingerprint density at radius 1 is 1.38 bits per heavy atom. The van der Waals surface area contributed by atoms with Crippen LogP contribution in [0.15, 0.2) is 30.5 Å². The molecule has 0 saturated heterocycles. The second kappa shape index (κ2) is 4.67. The van der Waals surface area contributed by atoms with Gasteiger partial charge in [-0.3, -0.25) is 0 Å². The number of aliphatic carboxylic acids is 1. The van der Waals surface area contributed by atoms with Gasteiger partial charge in [-0.2, -0.15) is 0 Å². The molecule has 16 heavy (non-hydrogen) atoms. The van der Waals surface area contributed by atoms with Crippen LogP contribution < -0.4 is 0 Å². The van der Waals surface area contributed by atoms with E-state index in [1.807, 2.05) is 18.2 Å². The van der Waals surface area contributed by atoms with Crippen molar-refractivity contribution in [2.45, 2.75) is 6.61 Å². The first-order chi connectivity index (χ1) is 7.75. The summed E-state index contributed by atoms with van der Waals surface area (Å²) in [5.74, 6) is -0.987. The first-order valence-electron chi connectivity index (χ1n) is 4.76. The molecule has 0 aliphatic rings. The molecule has 0 amide bonds. The van der Waals surface area contributed by atoms with Crippen LogP contribution in [0.25, 0.3) is 11.0 Å². The average molecular weight is 218 g/mol. The van der Waals surface area contributed by atoms with Gasteiger partial charge in [-0.15, -0.1) is 0 Å². The van der Waals surface area contributed by atoms with E-state index in [9.17, 15) is 4.79 Å². The Hall–Kier alpha value is -2.01. The van der Waals surface area contributed by atoms with Crippen LogP contribution in [-0.2, 0) is 16.1 Å². The quantitative estimate of drug-likeness (QED) is 0.835. The van der Waals surface area contributed by atoms with Gasteiger partial charge in [-0.1, -0.05) is 0 Å². The fraction of sp³-hybridized carbons (Fsp3) is 0.182. The zero-order chi connectivity index (χ0) is 11.4.